The molecule has 6 heterocycles. The molecule has 6 aromatic heterocycles. The third-order valence-electron chi connectivity index (χ3n) is 8.17. The van der Waals surface area contributed by atoms with Gasteiger partial charge in [0.2, 0.25) is 0 Å². The molecule has 8 aromatic rings. The molecular weight excluding hydrogens is 655 g/mol. The smallest absolute Gasteiger partial charge is 0.277 e. The third-order valence-corrected chi connectivity index (χ3v) is 8.99. The van der Waals surface area contributed by atoms with Crippen molar-refractivity contribution in [3.63, 3.8) is 0 Å². The van der Waals surface area contributed by atoms with E-state index in [4.69, 9.17) is 23.2 Å². The van der Waals surface area contributed by atoms with Crippen molar-refractivity contribution in [2.45, 2.75) is 26.2 Å². The van der Waals surface area contributed by atoms with Gasteiger partial charge < -0.3 is 0 Å². The van der Waals surface area contributed by atoms with Gasteiger partial charge in [-0.15, -0.1) is 0 Å². The molecule has 0 aliphatic rings. The van der Waals surface area contributed by atoms with Crippen molar-refractivity contribution in [2.75, 3.05) is 0 Å². The number of hydrogen-bond acceptors (Lipinski definition) is 8. The van der Waals surface area contributed by atoms with Crippen molar-refractivity contribution in [3.8, 4) is 33.4 Å². The van der Waals surface area contributed by atoms with Gasteiger partial charge in [-0.3, -0.25) is 28.1 Å². The molecule has 48 heavy (non-hydrogen) atoms. The number of benzene rings is 2. The molecule has 0 amide bonds. The standard InChI is InChI=1S/C32H24Cl2N12O2/c33-29-23(21-11-27-31(47)41(19-39-45(27)13-21)7-9-43-17-35-15-37-43)3-1-5-25(29)26-6-2-4-24(30(26)34)22-12-28-32(48)42(20-40-46(28)14-22)8-10-44-18-36-16-38-44/h1-6,11-20H,7-10H2. The maximum atomic E-state index is 13.3. The highest BCUT2D eigenvalue weighted by Crippen LogP contribution is 2.42. The molecule has 14 nitrogen and oxygen atoms in total. The Labute approximate surface area is 280 Å². The predicted molar refractivity (Wildman–Crippen MR) is 179 cm³/mol. The first kappa shape index (κ1) is 29.5. The summed E-state index contributed by atoms with van der Waals surface area (Å²) in [6.45, 7) is 1.76. The lowest BCUT2D eigenvalue weighted by Gasteiger charge is -2.13. The summed E-state index contributed by atoms with van der Waals surface area (Å²) < 4.78 is 9.49. The molecule has 0 saturated heterocycles. The van der Waals surface area contributed by atoms with E-state index in [1.54, 1.807) is 64.7 Å². The SMILES string of the molecule is O=c1c2cc(-c3cccc(-c4cccc(-c5cc6c(=O)n(CCn7cncn7)cnn6c5)c4Cl)c3Cl)cn2ncn1CCn1cncn1. The lowest BCUT2D eigenvalue weighted by Crippen LogP contribution is -2.24. The molecule has 0 aliphatic heterocycles. The number of hydrogen-bond donors (Lipinski definition) is 0. The van der Waals surface area contributed by atoms with Crippen LogP contribution in [0.4, 0.5) is 0 Å². The average molecular weight is 680 g/mol. The van der Waals surface area contributed by atoms with Gasteiger partial charge in [-0.1, -0.05) is 59.6 Å². The van der Waals surface area contributed by atoms with Gasteiger partial charge in [0.05, 0.1) is 23.1 Å². The molecule has 238 valence electrons. The zero-order chi connectivity index (χ0) is 32.8. The van der Waals surface area contributed by atoms with E-state index in [0.29, 0.717) is 58.4 Å². The molecule has 16 heteroatoms. The molecule has 0 radical (unpaired) electrons. The van der Waals surface area contributed by atoms with Crippen LogP contribution in [0.3, 0.4) is 0 Å². The Hall–Kier alpha value is -5.86. The Kier molecular flexibility index (Phi) is 7.42. The monoisotopic (exact) mass is 678 g/mol. The van der Waals surface area contributed by atoms with Crippen LogP contribution in [0.2, 0.25) is 10.0 Å². The number of aromatic nitrogens is 12. The van der Waals surface area contributed by atoms with Crippen LogP contribution < -0.4 is 11.1 Å². The van der Waals surface area contributed by atoms with Crippen LogP contribution in [0.5, 0.6) is 0 Å². The second-order valence-electron chi connectivity index (χ2n) is 11.0. The lowest BCUT2D eigenvalue weighted by atomic mass is 9.97. The lowest BCUT2D eigenvalue weighted by molar-refractivity contribution is 0.514. The Balaban J connectivity index is 1.11. The first-order valence-electron chi connectivity index (χ1n) is 14.8. The fourth-order valence-electron chi connectivity index (χ4n) is 5.71. The fourth-order valence-corrected chi connectivity index (χ4v) is 6.38. The summed E-state index contributed by atoms with van der Waals surface area (Å²) in [5.41, 5.74) is 4.80. The Morgan fingerprint density at radius 1 is 0.542 bits per heavy atom. The van der Waals surface area contributed by atoms with Crippen molar-refractivity contribution >= 4 is 34.2 Å². The van der Waals surface area contributed by atoms with Gasteiger partial charge in [0.15, 0.2) is 0 Å². The first-order chi connectivity index (χ1) is 23.4. The van der Waals surface area contributed by atoms with Gasteiger partial charge in [0.25, 0.3) is 11.1 Å². The van der Waals surface area contributed by atoms with E-state index in [1.165, 1.54) is 25.3 Å². The molecule has 0 unspecified atom stereocenters. The minimum absolute atomic E-state index is 0.184. The molecule has 0 spiro atoms. The number of fused-ring (bicyclic) bond motifs is 2. The van der Waals surface area contributed by atoms with Crippen molar-refractivity contribution in [1.82, 2.24) is 57.9 Å². The van der Waals surface area contributed by atoms with Crippen LogP contribution >= 0.6 is 23.2 Å². The zero-order valence-corrected chi connectivity index (χ0v) is 26.5. The van der Waals surface area contributed by atoms with Gasteiger partial charge in [0, 0.05) is 58.9 Å². The van der Waals surface area contributed by atoms with E-state index in [9.17, 15) is 9.59 Å². The molecule has 0 aliphatic carbocycles. The first-order valence-corrected chi connectivity index (χ1v) is 15.6. The van der Waals surface area contributed by atoms with Gasteiger partial charge in [0.1, 0.15) is 49.0 Å². The second kappa shape index (κ2) is 12.1. The Bertz CT molecular complexity index is 2370. The maximum absolute atomic E-state index is 13.3. The van der Waals surface area contributed by atoms with E-state index in [-0.39, 0.29) is 11.1 Å². The van der Waals surface area contributed by atoms with Crippen molar-refractivity contribution in [2.24, 2.45) is 0 Å². The predicted octanol–water partition coefficient (Wildman–Crippen LogP) is 4.20. The molecule has 0 fully saturated rings. The van der Waals surface area contributed by atoms with Gasteiger partial charge in [-0.25, -0.2) is 19.0 Å². The van der Waals surface area contributed by atoms with Gasteiger partial charge in [-0.05, 0) is 12.1 Å². The van der Waals surface area contributed by atoms with Crippen molar-refractivity contribution < 1.29 is 0 Å². The highest BCUT2D eigenvalue weighted by atomic mass is 35.5. The van der Waals surface area contributed by atoms with Crippen LogP contribution in [0, 0.1) is 0 Å². The number of halogens is 2. The quantitative estimate of drug-likeness (QED) is 0.221. The van der Waals surface area contributed by atoms with E-state index in [0.717, 1.165) is 22.3 Å². The van der Waals surface area contributed by atoms with Crippen LogP contribution in [-0.4, -0.2) is 57.9 Å². The minimum Gasteiger partial charge on any atom is -0.294 e. The van der Waals surface area contributed by atoms with Crippen molar-refractivity contribution in [1.29, 1.82) is 0 Å². The van der Waals surface area contributed by atoms with E-state index in [2.05, 4.69) is 30.4 Å². The van der Waals surface area contributed by atoms with Crippen LogP contribution in [0.15, 0.2) is 108 Å². The Morgan fingerprint density at radius 3 is 1.40 bits per heavy atom. The topological polar surface area (TPSA) is 140 Å². The molecule has 8 rings (SSSR count). The number of aryl methyl sites for hydroxylation is 4. The van der Waals surface area contributed by atoms with E-state index in [1.807, 2.05) is 36.4 Å². The summed E-state index contributed by atoms with van der Waals surface area (Å²) in [5.74, 6) is 0. The van der Waals surface area contributed by atoms with Crippen molar-refractivity contribution in [3.05, 3.63) is 130 Å². The third kappa shape index (κ3) is 5.26. The highest BCUT2D eigenvalue weighted by Gasteiger charge is 2.18. The zero-order valence-electron chi connectivity index (χ0n) is 25.0. The summed E-state index contributed by atoms with van der Waals surface area (Å²) in [5, 5.41) is 18.0. The normalized spacial score (nSPS) is 11.6. The molecule has 0 saturated carbocycles. The fraction of sp³-hybridized carbons (Fsp3) is 0.125. The second-order valence-corrected chi connectivity index (χ2v) is 11.8. The molecular formula is C32H24Cl2N12O2. The van der Waals surface area contributed by atoms with Crippen LogP contribution in [0.25, 0.3) is 44.4 Å². The maximum Gasteiger partial charge on any atom is 0.277 e. The number of rotatable bonds is 9. The van der Waals surface area contributed by atoms with Gasteiger partial charge >= 0.3 is 0 Å². The van der Waals surface area contributed by atoms with E-state index < -0.39 is 0 Å². The average Bonchev–Trinajstić information content (AvgIpc) is 3.92. The molecule has 0 atom stereocenters. The summed E-state index contributed by atoms with van der Waals surface area (Å²) in [7, 11) is 0. The number of nitrogens with zero attached hydrogens (tertiary/aromatic N) is 12. The minimum atomic E-state index is -0.184. The summed E-state index contributed by atoms with van der Waals surface area (Å²) in [6.07, 6.45) is 12.7. The highest BCUT2D eigenvalue weighted by molar-refractivity contribution is 6.39. The van der Waals surface area contributed by atoms with Gasteiger partial charge in [-0.2, -0.15) is 20.4 Å². The molecule has 0 bridgehead atoms. The molecule has 2 aromatic carbocycles. The van der Waals surface area contributed by atoms with Crippen LogP contribution in [0.1, 0.15) is 0 Å². The summed E-state index contributed by atoms with van der Waals surface area (Å²) >= 11 is 14.1. The summed E-state index contributed by atoms with van der Waals surface area (Å²) in [6, 6.07) is 14.9. The van der Waals surface area contributed by atoms with E-state index >= 15 is 0 Å². The largest absolute Gasteiger partial charge is 0.294 e. The Morgan fingerprint density at radius 2 is 0.979 bits per heavy atom. The van der Waals surface area contributed by atoms with Crippen LogP contribution in [-0.2, 0) is 26.2 Å². The summed E-state index contributed by atoms with van der Waals surface area (Å²) in [4.78, 5) is 34.4. The molecule has 0 N–H and O–H groups in total.